The molecule has 5 nitrogen and oxygen atoms in total. The number of nitrogen functional groups attached to an aromatic ring is 1. The minimum absolute atomic E-state index is 0.0962. The molecule has 1 aromatic carbocycles. The van der Waals surface area contributed by atoms with Gasteiger partial charge >= 0.3 is 6.18 Å². The van der Waals surface area contributed by atoms with E-state index in [-0.39, 0.29) is 24.1 Å². The van der Waals surface area contributed by atoms with Crippen molar-refractivity contribution in [1.82, 2.24) is 10.6 Å². The van der Waals surface area contributed by atoms with Crippen molar-refractivity contribution in [3.8, 4) is 0 Å². The molecule has 0 aromatic heterocycles. The molecule has 2 amide bonds. The lowest BCUT2D eigenvalue weighted by molar-refractivity contribution is -0.136. The molecule has 1 aliphatic rings. The molecular weight excluding hydrogens is 287 g/mol. The standard InChI is InChI=1S/C13H14F3N3O2/c14-13(15,16)9-5-7(1-3-10(9)17)12(21)18-6-8-2-4-11(20)19-8/h1,3,5,8H,2,4,6,17H2,(H,18,21)(H,19,20). The number of carbonyl (C=O) groups excluding carboxylic acids is 2. The van der Waals surface area contributed by atoms with Gasteiger partial charge in [0.2, 0.25) is 5.91 Å². The van der Waals surface area contributed by atoms with Gasteiger partial charge in [-0.05, 0) is 24.6 Å². The van der Waals surface area contributed by atoms with Crippen LogP contribution in [0, 0.1) is 0 Å². The van der Waals surface area contributed by atoms with E-state index >= 15 is 0 Å². The summed E-state index contributed by atoms with van der Waals surface area (Å²) in [5.74, 6) is -0.734. The van der Waals surface area contributed by atoms with Gasteiger partial charge in [0.1, 0.15) is 0 Å². The van der Waals surface area contributed by atoms with Crippen molar-refractivity contribution in [3.63, 3.8) is 0 Å². The van der Waals surface area contributed by atoms with Crippen molar-refractivity contribution in [1.29, 1.82) is 0 Å². The van der Waals surface area contributed by atoms with Gasteiger partial charge in [0.15, 0.2) is 0 Å². The van der Waals surface area contributed by atoms with Gasteiger partial charge in [0, 0.05) is 30.3 Å². The van der Waals surface area contributed by atoms with Crippen LogP contribution >= 0.6 is 0 Å². The third-order valence-corrected chi connectivity index (χ3v) is 3.21. The molecule has 0 spiro atoms. The first-order valence-electron chi connectivity index (χ1n) is 6.31. The third-order valence-electron chi connectivity index (χ3n) is 3.21. The number of halogens is 3. The van der Waals surface area contributed by atoms with E-state index in [9.17, 15) is 22.8 Å². The smallest absolute Gasteiger partial charge is 0.398 e. The molecule has 0 aliphatic carbocycles. The Balaban J connectivity index is 2.04. The van der Waals surface area contributed by atoms with Crippen molar-refractivity contribution in [2.45, 2.75) is 25.1 Å². The van der Waals surface area contributed by atoms with Crippen LogP contribution in [0.4, 0.5) is 18.9 Å². The highest BCUT2D eigenvalue weighted by Gasteiger charge is 2.33. The normalized spacial score (nSPS) is 18.4. The zero-order chi connectivity index (χ0) is 15.6. The maximum atomic E-state index is 12.7. The van der Waals surface area contributed by atoms with Crippen molar-refractivity contribution in [3.05, 3.63) is 29.3 Å². The first kappa shape index (κ1) is 15.1. The van der Waals surface area contributed by atoms with E-state index in [1.165, 1.54) is 6.07 Å². The van der Waals surface area contributed by atoms with Crippen LogP contribution in [-0.4, -0.2) is 24.4 Å². The largest absolute Gasteiger partial charge is 0.418 e. The first-order valence-corrected chi connectivity index (χ1v) is 6.31. The lowest BCUT2D eigenvalue weighted by Crippen LogP contribution is -2.38. The number of benzene rings is 1. The van der Waals surface area contributed by atoms with Crippen molar-refractivity contribution in [2.24, 2.45) is 0 Å². The molecule has 1 fully saturated rings. The van der Waals surface area contributed by atoms with E-state index in [1.54, 1.807) is 0 Å². The molecule has 2 rings (SSSR count). The lowest BCUT2D eigenvalue weighted by atomic mass is 10.1. The predicted molar refractivity (Wildman–Crippen MR) is 69.4 cm³/mol. The number of hydrogen-bond donors (Lipinski definition) is 3. The van der Waals surface area contributed by atoms with Gasteiger partial charge in [-0.15, -0.1) is 0 Å². The summed E-state index contributed by atoms with van der Waals surface area (Å²) in [4.78, 5) is 22.8. The Morgan fingerprint density at radius 2 is 2.14 bits per heavy atom. The second-order valence-corrected chi connectivity index (χ2v) is 4.81. The summed E-state index contributed by atoms with van der Waals surface area (Å²) in [6, 6.07) is 2.82. The second-order valence-electron chi connectivity index (χ2n) is 4.81. The van der Waals surface area contributed by atoms with Crippen molar-refractivity contribution >= 4 is 17.5 Å². The quantitative estimate of drug-likeness (QED) is 0.736. The van der Waals surface area contributed by atoms with E-state index in [2.05, 4.69) is 10.6 Å². The summed E-state index contributed by atoms with van der Waals surface area (Å²) in [5, 5.41) is 5.15. The minimum Gasteiger partial charge on any atom is -0.398 e. The van der Waals surface area contributed by atoms with E-state index < -0.39 is 23.3 Å². The fourth-order valence-electron chi connectivity index (χ4n) is 2.09. The van der Waals surface area contributed by atoms with E-state index in [0.717, 1.165) is 12.1 Å². The van der Waals surface area contributed by atoms with E-state index in [1.807, 2.05) is 0 Å². The van der Waals surface area contributed by atoms with Crippen molar-refractivity contribution in [2.75, 3.05) is 12.3 Å². The Bertz CT molecular complexity index is 572. The van der Waals surface area contributed by atoms with Gasteiger partial charge in [-0.25, -0.2) is 0 Å². The van der Waals surface area contributed by atoms with Crippen LogP contribution in [0.1, 0.15) is 28.8 Å². The number of anilines is 1. The zero-order valence-corrected chi connectivity index (χ0v) is 11.0. The number of hydrogen-bond acceptors (Lipinski definition) is 3. The Morgan fingerprint density at radius 3 is 2.71 bits per heavy atom. The number of alkyl halides is 3. The summed E-state index contributed by atoms with van der Waals surface area (Å²) in [5.41, 5.74) is 3.67. The van der Waals surface area contributed by atoms with Gasteiger partial charge in [-0.3, -0.25) is 9.59 Å². The van der Waals surface area contributed by atoms with Crippen LogP contribution < -0.4 is 16.4 Å². The Hall–Kier alpha value is -2.25. The molecule has 114 valence electrons. The van der Waals surface area contributed by atoms with Crippen LogP contribution in [-0.2, 0) is 11.0 Å². The predicted octanol–water partition coefficient (Wildman–Crippen LogP) is 1.30. The molecule has 1 aliphatic heterocycles. The summed E-state index contributed by atoms with van der Waals surface area (Å²) in [6.07, 6.45) is -3.63. The minimum atomic E-state index is -4.61. The molecule has 0 bridgehead atoms. The molecule has 21 heavy (non-hydrogen) atoms. The maximum Gasteiger partial charge on any atom is 0.418 e. The molecule has 0 saturated carbocycles. The van der Waals surface area contributed by atoms with Gasteiger partial charge in [0.05, 0.1) is 5.56 Å². The molecule has 0 radical (unpaired) electrons. The maximum absolute atomic E-state index is 12.7. The number of nitrogens with two attached hydrogens (primary N) is 1. The Labute approximate surface area is 118 Å². The topological polar surface area (TPSA) is 84.2 Å². The number of nitrogens with one attached hydrogen (secondary N) is 2. The summed E-state index contributed by atoms with van der Waals surface area (Å²) >= 11 is 0. The van der Waals surface area contributed by atoms with Crippen LogP contribution in [0.5, 0.6) is 0 Å². The van der Waals surface area contributed by atoms with Gasteiger partial charge < -0.3 is 16.4 Å². The van der Waals surface area contributed by atoms with Crippen LogP contribution in [0.15, 0.2) is 18.2 Å². The van der Waals surface area contributed by atoms with Crippen molar-refractivity contribution < 1.29 is 22.8 Å². The molecule has 1 atom stereocenters. The molecule has 1 saturated heterocycles. The zero-order valence-electron chi connectivity index (χ0n) is 11.0. The highest BCUT2D eigenvalue weighted by molar-refractivity contribution is 5.95. The SMILES string of the molecule is Nc1ccc(C(=O)NCC2CCC(=O)N2)cc1C(F)(F)F. The average molecular weight is 301 g/mol. The van der Waals surface area contributed by atoms with E-state index in [0.29, 0.717) is 12.8 Å². The Morgan fingerprint density at radius 1 is 1.43 bits per heavy atom. The number of carbonyl (C=O) groups is 2. The highest BCUT2D eigenvalue weighted by atomic mass is 19.4. The summed E-state index contributed by atoms with van der Waals surface area (Å²) < 4.78 is 38.1. The van der Waals surface area contributed by atoms with Gasteiger partial charge in [-0.1, -0.05) is 0 Å². The van der Waals surface area contributed by atoms with Crippen LogP contribution in [0.25, 0.3) is 0 Å². The fraction of sp³-hybridized carbons (Fsp3) is 0.385. The molecule has 8 heteroatoms. The molecule has 1 aromatic rings. The molecule has 1 unspecified atom stereocenters. The first-order chi connectivity index (χ1) is 9.77. The summed E-state index contributed by atoms with van der Waals surface area (Å²) in [7, 11) is 0. The highest BCUT2D eigenvalue weighted by Crippen LogP contribution is 2.33. The van der Waals surface area contributed by atoms with Crippen LogP contribution in [0.2, 0.25) is 0 Å². The van der Waals surface area contributed by atoms with E-state index in [4.69, 9.17) is 5.73 Å². The molecule has 4 N–H and O–H groups in total. The number of rotatable bonds is 3. The van der Waals surface area contributed by atoms with Gasteiger partial charge in [0.25, 0.3) is 5.91 Å². The second kappa shape index (κ2) is 5.63. The summed E-state index contributed by atoms with van der Waals surface area (Å²) in [6.45, 7) is 0.177. The fourth-order valence-corrected chi connectivity index (χ4v) is 2.09. The lowest BCUT2D eigenvalue weighted by Gasteiger charge is -2.13. The Kier molecular flexibility index (Phi) is 4.06. The average Bonchev–Trinajstić information content (AvgIpc) is 2.81. The molecular formula is C13H14F3N3O2. The number of amides is 2. The molecule has 1 heterocycles. The van der Waals surface area contributed by atoms with Crippen LogP contribution in [0.3, 0.4) is 0 Å². The third kappa shape index (κ3) is 3.65. The monoisotopic (exact) mass is 301 g/mol. The van der Waals surface area contributed by atoms with Gasteiger partial charge in [-0.2, -0.15) is 13.2 Å².